The molecule has 1 aromatic rings. The minimum Gasteiger partial charge on any atom is -0.384 e. The molecule has 0 aliphatic heterocycles. The highest BCUT2D eigenvalue weighted by molar-refractivity contribution is 5.34. The van der Waals surface area contributed by atoms with E-state index >= 15 is 0 Å². The van der Waals surface area contributed by atoms with Crippen LogP contribution in [0.15, 0.2) is 18.5 Å². The molecule has 0 unspecified atom stereocenters. The minimum atomic E-state index is -0.437. The topological polar surface area (TPSA) is 51.6 Å². The van der Waals surface area contributed by atoms with Gasteiger partial charge in [-0.3, -0.25) is 4.98 Å². The zero-order valence-electron chi connectivity index (χ0n) is 8.73. The Labute approximate surface area is 88.9 Å². The highest BCUT2D eigenvalue weighted by Gasteiger charge is 2.08. The van der Waals surface area contributed by atoms with Crippen molar-refractivity contribution in [3.05, 3.63) is 29.6 Å². The molecule has 0 bridgehead atoms. The summed E-state index contributed by atoms with van der Waals surface area (Å²) >= 11 is 0. The molecule has 0 atom stereocenters. The Bertz CT molecular complexity index is 364. The van der Waals surface area contributed by atoms with Crippen LogP contribution in [0.2, 0.25) is 0 Å². The number of hydrogen-bond acceptors (Lipinski definition) is 4. The van der Waals surface area contributed by atoms with Gasteiger partial charge in [-0.25, -0.2) is 0 Å². The summed E-state index contributed by atoms with van der Waals surface area (Å²) in [6.07, 6.45) is 2.84. The zero-order valence-corrected chi connectivity index (χ0v) is 8.73. The Kier molecular flexibility index (Phi) is 4.78. The summed E-state index contributed by atoms with van der Waals surface area (Å²) in [4.78, 5) is 4.01. The fourth-order valence-corrected chi connectivity index (χ4v) is 1.16. The summed E-state index contributed by atoms with van der Waals surface area (Å²) in [5.74, 6) is 5.31. The van der Waals surface area contributed by atoms with Crippen LogP contribution in [0, 0.1) is 11.8 Å². The number of ether oxygens (including phenoxy) is 2. The Morgan fingerprint density at radius 1 is 1.40 bits per heavy atom. The third-order valence-electron chi connectivity index (χ3n) is 1.77. The van der Waals surface area contributed by atoms with Crippen molar-refractivity contribution in [3.63, 3.8) is 0 Å². The van der Waals surface area contributed by atoms with Crippen molar-refractivity contribution < 1.29 is 14.6 Å². The smallest absolute Gasteiger partial charge is 0.184 e. The van der Waals surface area contributed by atoms with Gasteiger partial charge in [0.05, 0.1) is 0 Å². The van der Waals surface area contributed by atoms with Gasteiger partial charge in [-0.1, -0.05) is 11.8 Å². The molecule has 0 aliphatic rings. The standard InChI is InChI=1S/C11H13NO3/c1-14-11(15-2)10-6-9(4-3-5-13)7-12-8-10/h6-8,11,13H,5H2,1-2H3. The molecule has 0 saturated carbocycles. The molecule has 80 valence electrons. The Balaban J connectivity index is 2.91. The minimum absolute atomic E-state index is 0.164. The lowest BCUT2D eigenvalue weighted by Gasteiger charge is -2.12. The molecule has 1 rings (SSSR count). The molecule has 0 aliphatic carbocycles. The summed E-state index contributed by atoms with van der Waals surface area (Å²) in [6, 6.07) is 1.81. The SMILES string of the molecule is COC(OC)c1cncc(C#CCO)c1. The highest BCUT2D eigenvalue weighted by atomic mass is 16.7. The Morgan fingerprint density at radius 2 is 2.13 bits per heavy atom. The fraction of sp³-hybridized carbons (Fsp3) is 0.364. The third kappa shape index (κ3) is 3.33. The molecule has 0 radical (unpaired) electrons. The van der Waals surface area contributed by atoms with Gasteiger partial charge in [0.1, 0.15) is 6.61 Å². The van der Waals surface area contributed by atoms with Crippen molar-refractivity contribution in [2.75, 3.05) is 20.8 Å². The largest absolute Gasteiger partial charge is 0.384 e. The lowest BCUT2D eigenvalue weighted by Crippen LogP contribution is -2.04. The third-order valence-corrected chi connectivity index (χ3v) is 1.77. The van der Waals surface area contributed by atoms with Crippen molar-refractivity contribution in [2.24, 2.45) is 0 Å². The van der Waals surface area contributed by atoms with E-state index in [1.807, 2.05) is 6.07 Å². The Hall–Kier alpha value is -1.41. The molecule has 4 nitrogen and oxygen atoms in total. The summed E-state index contributed by atoms with van der Waals surface area (Å²) in [7, 11) is 3.11. The molecule has 0 spiro atoms. The normalized spacial score (nSPS) is 9.87. The molecule has 0 amide bonds. The maximum atomic E-state index is 8.55. The zero-order chi connectivity index (χ0) is 11.1. The molecule has 0 aromatic carbocycles. The van der Waals surface area contributed by atoms with Gasteiger partial charge in [-0.15, -0.1) is 0 Å². The van der Waals surface area contributed by atoms with Crippen LogP contribution in [0.4, 0.5) is 0 Å². The molecular formula is C11H13NO3. The second kappa shape index (κ2) is 6.14. The number of methoxy groups -OCH3 is 2. The Morgan fingerprint density at radius 3 is 2.73 bits per heavy atom. The van der Waals surface area contributed by atoms with Crippen molar-refractivity contribution in [1.82, 2.24) is 4.98 Å². The van der Waals surface area contributed by atoms with Gasteiger partial charge in [-0.2, -0.15) is 0 Å². The average Bonchev–Trinajstić information content (AvgIpc) is 2.29. The summed E-state index contributed by atoms with van der Waals surface area (Å²) in [6.45, 7) is -0.164. The van der Waals surface area contributed by atoms with Crippen molar-refractivity contribution in [3.8, 4) is 11.8 Å². The first-order valence-electron chi connectivity index (χ1n) is 4.42. The van der Waals surface area contributed by atoms with Crippen LogP contribution < -0.4 is 0 Å². The fourth-order valence-electron chi connectivity index (χ4n) is 1.16. The lowest BCUT2D eigenvalue weighted by molar-refractivity contribution is -0.106. The molecule has 0 fully saturated rings. The number of aromatic nitrogens is 1. The van der Waals surface area contributed by atoms with E-state index in [-0.39, 0.29) is 6.61 Å². The van der Waals surface area contributed by atoms with Crippen molar-refractivity contribution >= 4 is 0 Å². The maximum absolute atomic E-state index is 8.55. The molecular weight excluding hydrogens is 194 g/mol. The predicted molar refractivity (Wildman–Crippen MR) is 55.0 cm³/mol. The van der Waals surface area contributed by atoms with E-state index in [1.54, 1.807) is 26.6 Å². The van der Waals surface area contributed by atoms with Gasteiger partial charge in [0.25, 0.3) is 0 Å². The van der Waals surface area contributed by atoms with Crippen LogP contribution >= 0.6 is 0 Å². The van der Waals surface area contributed by atoms with Crippen LogP contribution in [-0.2, 0) is 9.47 Å². The van der Waals surface area contributed by atoms with Gasteiger partial charge in [-0.05, 0) is 6.07 Å². The van der Waals surface area contributed by atoms with E-state index in [0.29, 0.717) is 0 Å². The van der Waals surface area contributed by atoms with Gasteiger partial charge in [0.15, 0.2) is 6.29 Å². The highest BCUT2D eigenvalue weighted by Crippen LogP contribution is 2.16. The number of aliphatic hydroxyl groups excluding tert-OH is 1. The quantitative estimate of drug-likeness (QED) is 0.586. The van der Waals surface area contributed by atoms with Crippen LogP contribution in [0.5, 0.6) is 0 Å². The van der Waals surface area contributed by atoms with Gasteiger partial charge >= 0.3 is 0 Å². The number of nitrogens with zero attached hydrogens (tertiary/aromatic N) is 1. The molecule has 4 heteroatoms. The summed E-state index contributed by atoms with van der Waals surface area (Å²) < 4.78 is 10.2. The first kappa shape index (κ1) is 11.7. The second-order valence-electron chi connectivity index (χ2n) is 2.77. The average molecular weight is 207 g/mol. The first-order valence-corrected chi connectivity index (χ1v) is 4.42. The summed E-state index contributed by atoms with van der Waals surface area (Å²) in [5, 5.41) is 8.55. The van der Waals surface area contributed by atoms with Crippen molar-refractivity contribution in [2.45, 2.75) is 6.29 Å². The summed E-state index contributed by atoms with van der Waals surface area (Å²) in [5.41, 5.74) is 1.52. The molecule has 1 aromatic heterocycles. The molecule has 15 heavy (non-hydrogen) atoms. The van der Waals surface area contributed by atoms with E-state index in [2.05, 4.69) is 16.8 Å². The maximum Gasteiger partial charge on any atom is 0.184 e. The molecule has 1 heterocycles. The van der Waals surface area contributed by atoms with Gasteiger partial charge in [0, 0.05) is 37.7 Å². The van der Waals surface area contributed by atoms with Gasteiger partial charge in [0.2, 0.25) is 0 Å². The number of aliphatic hydroxyl groups is 1. The molecule has 1 N–H and O–H groups in total. The van der Waals surface area contributed by atoms with E-state index < -0.39 is 6.29 Å². The van der Waals surface area contributed by atoms with E-state index in [0.717, 1.165) is 11.1 Å². The van der Waals surface area contributed by atoms with Gasteiger partial charge < -0.3 is 14.6 Å². The predicted octanol–water partition coefficient (Wildman–Crippen LogP) is 0.717. The number of rotatable bonds is 3. The second-order valence-corrected chi connectivity index (χ2v) is 2.77. The van der Waals surface area contributed by atoms with Crippen LogP contribution in [0.1, 0.15) is 17.4 Å². The van der Waals surface area contributed by atoms with E-state index in [1.165, 1.54) is 0 Å². The van der Waals surface area contributed by atoms with Crippen LogP contribution in [0.25, 0.3) is 0 Å². The van der Waals surface area contributed by atoms with E-state index in [9.17, 15) is 0 Å². The lowest BCUT2D eigenvalue weighted by atomic mass is 10.2. The number of hydrogen-bond donors (Lipinski definition) is 1. The monoisotopic (exact) mass is 207 g/mol. The van der Waals surface area contributed by atoms with E-state index in [4.69, 9.17) is 14.6 Å². The first-order chi connectivity index (χ1) is 7.31. The van der Waals surface area contributed by atoms with Crippen LogP contribution in [0.3, 0.4) is 0 Å². The number of pyridine rings is 1. The molecule has 0 saturated heterocycles. The van der Waals surface area contributed by atoms with Crippen molar-refractivity contribution in [1.29, 1.82) is 0 Å². The van der Waals surface area contributed by atoms with Crippen LogP contribution in [-0.4, -0.2) is 30.9 Å².